The van der Waals surface area contributed by atoms with Crippen molar-refractivity contribution >= 4 is 16.9 Å². The van der Waals surface area contributed by atoms with Crippen molar-refractivity contribution in [2.45, 2.75) is 12.8 Å². The van der Waals surface area contributed by atoms with Gasteiger partial charge in [-0.15, -0.1) is 5.11 Å². The molecule has 3 aromatic rings. The van der Waals surface area contributed by atoms with Crippen LogP contribution in [-0.2, 0) is 5.92 Å². The lowest BCUT2D eigenvalue weighted by molar-refractivity contribution is 0.0179. The second-order valence-corrected chi connectivity index (χ2v) is 5.50. The summed E-state index contributed by atoms with van der Waals surface area (Å²) in [6.45, 7) is 1.17. The highest BCUT2D eigenvalue weighted by molar-refractivity contribution is 6.02. The third-order valence-corrected chi connectivity index (χ3v) is 3.73. The molecule has 0 atom stereocenters. The van der Waals surface area contributed by atoms with Crippen molar-refractivity contribution in [1.82, 2.24) is 4.98 Å². The number of hydrogen-bond acceptors (Lipinski definition) is 5. The summed E-state index contributed by atoms with van der Waals surface area (Å²) >= 11 is 0. The van der Waals surface area contributed by atoms with Crippen molar-refractivity contribution in [3.05, 3.63) is 53.6 Å². The molecule has 1 aliphatic rings. The van der Waals surface area contributed by atoms with Crippen molar-refractivity contribution in [2.75, 3.05) is 6.67 Å². The molecule has 0 fully saturated rings. The molecule has 2 aromatic carbocycles. The maximum absolute atomic E-state index is 13.8. The first kappa shape index (κ1) is 14.6. The molecular weight excluding hydrogens is 314 g/mol. The Balaban J connectivity index is 1.83. The van der Waals surface area contributed by atoms with E-state index in [1.165, 1.54) is 6.07 Å². The summed E-state index contributed by atoms with van der Waals surface area (Å²) in [7, 11) is 0. The van der Waals surface area contributed by atoms with Crippen molar-refractivity contribution < 1.29 is 13.2 Å². The van der Waals surface area contributed by atoms with Crippen LogP contribution >= 0.6 is 0 Å². The van der Waals surface area contributed by atoms with Crippen LogP contribution in [0.4, 0.5) is 8.78 Å². The number of halogens is 2. The average Bonchev–Trinajstić information content (AvgIpc) is 3.22. The second kappa shape index (κ2) is 5.30. The SMILES string of the molecule is CC(F)(F)c1ccccc1-c1nc2cc(C3=NCN=N3)ccc2o1. The minimum absolute atomic E-state index is 0.120. The van der Waals surface area contributed by atoms with E-state index in [0.717, 1.165) is 12.5 Å². The number of oxazole rings is 1. The molecule has 0 unspecified atom stereocenters. The van der Waals surface area contributed by atoms with Gasteiger partial charge in [-0.1, -0.05) is 18.2 Å². The van der Waals surface area contributed by atoms with Crippen LogP contribution in [0.3, 0.4) is 0 Å². The highest BCUT2D eigenvalue weighted by atomic mass is 19.3. The van der Waals surface area contributed by atoms with Gasteiger partial charge in [0.2, 0.25) is 5.89 Å². The third kappa shape index (κ3) is 2.47. The van der Waals surface area contributed by atoms with E-state index in [1.54, 1.807) is 36.4 Å². The topological polar surface area (TPSA) is 63.1 Å². The number of alkyl halides is 2. The van der Waals surface area contributed by atoms with Crippen molar-refractivity contribution in [3.63, 3.8) is 0 Å². The van der Waals surface area contributed by atoms with E-state index >= 15 is 0 Å². The predicted molar refractivity (Wildman–Crippen MR) is 85.3 cm³/mol. The van der Waals surface area contributed by atoms with Crippen LogP contribution in [0.5, 0.6) is 0 Å². The molecule has 0 aliphatic carbocycles. The van der Waals surface area contributed by atoms with Gasteiger partial charge in [0.15, 0.2) is 18.1 Å². The molecule has 1 aliphatic heterocycles. The Morgan fingerprint density at radius 2 is 1.96 bits per heavy atom. The van der Waals surface area contributed by atoms with Gasteiger partial charge in [-0.2, -0.15) is 5.11 Å². The van der Waals surface area contributed by atoms with E-state index in [0.29, 0.717) is 23.6 Å². The molecule has 0 N–H and O–H groups in total. The molecular formula is C17H12F2N4O. The van der Waals surface area contributed by atoms with Gasteiger partial charge in [0.05, 0.1) is 0 Å². The number of nitrogens with zero attached hydrogens (tertiary/aromatic N) is 4. The van der Waals surface area contributed by atoms with Gasteiger partial charge in [0, 0.05) is 23.6 Å². The fraction of sp³-hybridized carbons (Fsp3) is 0.176. The van der Waals surface area contributed by atoms with Crippen LogP contribution in [0.15, 0.2) is 62.1 Å². The summed E-state index contributed by atoms with van der Waals surface area (Å²) in [4.78, 5) is 8.51. The molecule has 0 spiro atoms. The standard InChI is InChI=1S/C17H12F2N4O/c1-17(18,19)12-5-3-2-4-11(12)16-22-13-8-10(6-7-14(13)24-16)15-20-9-21-23-15/h2-8H,9H2,1H3. The highest BCUT2D eigenvalue weighted by Crippen LogP contribution is 2.36. The van der Waals surface area contributed by atoms with Crippen LogP contribution < -0.4 is 0 Å². The number of aliphatic imine (C=N–C) groups is 1. The minimum atomic E-state index is -2.98. The number of rotatable bonds is 3. The minimum Gasteiger partial charge on any atom is -0.436 e. The number of fused-ring (bicyclic) bond motifs is 1. The summed E-state index contributed by atoms with van der Waals surface area (Å²) in [5.74, 6) is -2.29. The van der Waals surface area contributed by atoms with Gasteiger partial charge in [0.1, 0.15) is 5.52 Å². The highest BCUT2D eigenvalue weighted by Gasteiger charge is 2.29. The van der Waals surface area contributed by atoms with Crippen molar-refractivity contribution in [1.29, 1.82) is 0 Å². The lowest BCUT2D eigenvalue weighted by Gasteiger charge is -2.13. The Labute approximate surface area is 135 Å². The lowest BCUT2D eigenvalue weighted by atomic mass is 10.0. The first-order valence-corrected chi connectivity index (χ1v) is 7.33. The zero-order chi connectivity index (χ0) is 16.7. The van der Waals surface area contributed by atoms with Crippen molar-refractivity contribution in [3.8, 4) is 11.5 Å². The Morgan fingerprint density at radius 1 is 1.12 bits per heavy atom. The summed E-state index contributed by atoms with van der Waals surface area (Å²) < 4.78 is 33.3. The molecule has 24 heavy (non-hydrogen) atoms. The van der Waals surface area contributed by atoms with E-state index in [2.05, 4.69) is 20.2 Å². The van der Waals surface area contributed by atoms with Gasteiger partial charge in [0.25, 0.3) is 5.92 Å². The molecule has 0 amide bonds. The molecule has 2 heterocycles. The van der Waals surface area contributed by atoms with Gasteiger partial charge in [-0.25, -0.2) is 18.8 Å². The molecule has 4 rings (SSSR count). The lowest BCUT2D eigenvalue weighted by Crippen LogP contribution is -2.08. The van der Waals surface area contributed by atoms with Gasteiger partial charge < -0.3 is 4.42 Å². The van der Waals surface area contributed by atoms with E-state index in [4.69, 9.17) is 4.42 Å². The van der Waals surface area contributed by atoms with Crippen LogP contribution in [0.2, 0.25) is 0 Å². The van der Waals surface area contributed by atoms with E-state index < -0.39 is 5.92 Å². The normalized spacial score (nSPS) is 14.4. The number of benzene rings is 2. The average molecular weight is 326 g/mol. The monoisotopic (exact) mass is 326 g/mol. The first-order chi connectivity index (χ1) is 11.5. The number of aromatic nitrogens is 1. The fourth-order valence-electron chi connectivity index (χ4n) is 2.61. The molecule has 120 valence electrons. The Morgan fingerprint density at radius 3 is 2.71 bits per heavy atom. The van der Waals surface area contributed by atoms with Gasteiger partial charge in [-0.3, -0.25) is 0 Å². The molecule has 0 radical (unpaired) electrons. The van der Waals surface area contributed by atoms with Gasteiger partial charge >= 0.3 is 0 Å². The molecule has 1 aromatic heterocycles. The van der Waals surface area contributed by atoms with Crippen LogP contribution in [-0.4, -0.2) is 17.5 Å². The van der Waals surface area contributed by atoms with Crippen LogP contribution in [0.1, 0.15) is 18.1 Å². The van der Waals surface area contributed by atoms with E-state index in [1.807, 2.05) is 0 Å². The van der Waals surface area contributed by atoms with E-state index in [-0.39, 0.29) is 17.0 Å². The molecule has 0 saturated heterocycles. The Bertz CT molecular complexity index is 986. The van der Waals surface area contributed by atoms with Gasteiger partial charge in [-0.05, 0) is 24.3 Å². The Hall–Kier alpha value is -2.96. The molecule has 5 nitrogen and oxygen atoms in total. The summed E-state index contributed by atoms with van der Waals surface area (Å²) in [5.41, 5.74) is 1.99. The quantitative estimate of drug-likeness (QED) is 0.695. The zero-order valence-electron chi connectivity index (χ0n) is 12.7. The number of amidine groups is 1. The zero-order valence-corrected chi connectivity index (χ0v) is 12.7. The summed E-state index contributed by atoms with van der Waals surface area (Å²) in [5, 5.41) is 7.75. The fourth-order valence-corrected chi connectivity index (χ4v) is 2.61. The molecule has 0 saturated carbocycles. The second-order valence-electron chi connectivity index (χ2n) is 5.50. The number of hydrogen-bond donors (Lipinski definition) is 0. The third-order valence-electron chi connectivity index (χ3n) is 3.73. The maximum Gasteiger partial charge on any atom is 0.271 e. The predicted octanol–water partition coefficient (Wildman–Crippen LogP) is 4.78. The summed E-state index contributed by atoms with van der Waals surface area (Å²) in [6.07, 6.45) is 0. The molecule has 7 heteroatoms. The van der Waals surface area contributed by atoms with Crippen molar-refractivity contribution in [2.24, 2.45) is 15.2 Å². The largest absolute Gasteiger partial charge is 0.436 e. The first-order valence-electron chi connectivity index (χ1n) is 7.33. The summed E-state index contributed by atoms with van der Waals surface area (Å²) in [6, 6.07) is 11.5. The number of azo groups is 1. The Kier molecular flexibility index (Phi) is 3.23. The van der Waals surface area contributed by atoms with Crippen LogP contribution in [0.25, 0.3) is 22.6 Å². The maximum atomic E-state index is 13.8. The van der Waals surface area contributed by atoms with Crippen LogP contribution in [0, 0.1) is 0 Å². The molecule has 0 bridgehead atoms. The van der Waals surface area contributed by atoms with E-state index in [9.17, 15) is 8.78 Å². The smallest absolute Gasteiger partial charge is 0.271 e.